The van der Waals surface area contributed by atoms with E-state index in [0.29, 0.717) is 0 Å². The zero-order valence-corrected chi connectivity index (χ0v) is 4.99. The highest BCUT2D eigenvalue weighted by molar-refractivity contribution is 6.44. The maximum atomic E-state index is 11.6. The van der Waals surface area contributed by atoms with Crippen molar-refractivity contribution in [2.45, 2.75) is 4.96 Å². The molecule has 0 heterocycles. The highest BCUT2D eigenvalue weighted by atomic mass is 35.5. The summed E-state index contributed by atoms with van der Waals surface area (Å²) in [4.78, 5) is 7.70. The molecule has 8 heavy (non-hydrogen) atoms. The van der Waals surface area contributed by atoms with E-state index < -0.39 is 16.2 Å². The molecule has 0 aromatic heterocycles. The predicted octanol–water partition coefficient (Wildman–Crippen LogP) is 1.48. The number of amides is 1. The van der Waals surface area contributed by atoms with E-state index in [1.165, 1.54) is 0 Å². The van der Waals surface area contributed by atoms with Crippen molar-refractivity contribution in [1.29, 1.82) is 0 Å². The third kappa shape index (κ3) is 2.18. The SMILES string of the molecule is [O]C(=O)N(F)C(Cl)Cl. The number of carbonyl (C=O) groups excluding carboxylic acids is 1. The number of alkyl halides is 2. The van der Waals surface area contributed by atoms with Crippen molar-refractivity contribution in [1.82, 2.24) is 5.12 Å². The number of nitrogens with zero attached hydrogens (tertiary/aromatic N) is 1. The Bertz CT molecular complexity index is 98.0. The monoisotopic (exact) mass is 160 g/mol. The standard InChI is InChI=1S/C2HCl2FNO2/c3-1(4)6(5)2(7)8/h1H. The summed E-state index contributed by atoms with van der Waals surface area (Å²) < 4.78 is 11.6. The van der Waals surface area contributed by atoms with Crippen molar-refractivity contribution < 1.29 is 14.4 Å². The molecule has 0 N–H and O–H groups in total. The fraction of sp³-hybridized carbons (Fsp3) is 0.500. The average Bonchev–Trinajstić information content (AvgIpc) is 1.64. The Hall–Kier alpha value is -0.220. The largest absolute Gasteiger partial charge is 0.483 e. The molecule has 3 nitrogen and oxygen atoms in total. The number of hydrogen-bond acceptors (Lipinski definition) is 1. The van der Waals surface area contributed by atoms with Crippen LogP contribution in [0.5, 0.6) is 0 Å². The predicted molar refractivity (Wildman–Crippen MR) is 24.5 cm³/mol. The van der Waals surface area contributed by atoms with Crippen LogP contribution in [0.4, 0.5) is 9.28 Å². The molecule has 0 aliphatic rings. The molecule has 0 aliphatic carbocycles. The molecule has 1 amide bonds. The van der Waals surface area contributed by atoms with Crippen LogP contribution in [-0.4, -0.2) is 16.2 Å². The third-order valence-electron chi connectivity index (χ3n) is 0.346. The summed E-state index contributed by atoms with van der Waals surface area (Å²) in [5.41, 5.74) is 0. The van der Waals surface area contributed by atoms with Gasteiger partial charge in [-0.05, 0) is 0 Å². The molecular weight excluding hydrogens is 160 g/mol. The first-order valence-corrected chi connectivity index (χ1v) is 2.37. The van der Waals surface area contributed by atoms with Gasteiger partial charge in [-0.25, -0.2) is 9.90 Å². The summed E-state index contributed by atoms with van der Waals surface area (Å²) in [6, 6.07) is 0. The van der Waals surface area contributed by atoms with Crippen LogP contribution in [0.2, 0.25) is 0 Å². The molecule has 0 rings (SSSR count). The lowest BCUT2D eigenvalue weighted by atomic mass is 11.1. The molecule has 0 fully saturated rings. The Morgan fingerprint density at radius 2 is 2.00 bits per heavy atom. The zero-order valence-electron chi connectivity index (χ0n) is 3.47. The summed E-state index contributed by atoms with van der Waals surface area (Å²) in [5, 5.41) is 8.58. The van der Waals surface area contributed by atoms with E-state index >= 15 is 0 Å². The Kier molecular flexibility index (Phi) is 2.86. The first-order valence-electron chi connectivity index (χ1n) is 1.50. The molecule has 0 saturated carbocycles. The van der Waals surface area contributed by atoms with Crippen LogP contribution in [0.25, 0.3) is 0 Å². The maximum Gasteiger partial charge on any atom is 0.483 e. The molecular formula is C2HCl2FNO2. The van der Waals surface area contributed by atoms with Crippen LogP contribution >= 0.6 is 23.2 Å². The third-order valence-corrected chi connectivity index (χ3v) is 0.688. The fourth-order valence-electron chi connectivity index (χ4n) is 0.0797. The van der Waals surface area contributed by atoms with Crippen LogP contribution in [0.1, 0.15) is 0 Å². The molecule has 0 aromatic carbocycles. The second kappa shape index (κ2) is 2.94. The summed E-state index contributed by atoms with van der Waals surface area (Å²) >= 11 is 9.44. The second-order valence-corrected chi connectivity index (χ2v) is 1.90. The lowest BCUT2D eigenvalue weighted by Gasteiger charge is -2.03. The van der Waals surface area contributed by atoms with E-state index in [2.05, 4.69) is 0 Å². The number of rotatable bonds is 1. The van der Waals surface area contributed by atoms with Crippen molar-refractivity contribution in [3.05, 3.63) is 0 Å². The van der Waals surface area contributed by atoms with E-state index in [4.69, 9.17) is 23.2 Å². The molecule has 1 radical (unpaired) electrons. The van der Waals surface area contributed by atoms with Crippen LogP contribution in [-0.2, 0) is 5.11 Å². The minimum Gasteiger partial charge on any atom is -0.217 e. The average molecular weight is 161 g/mol. The van der Waals surface area contributed by atoms with Gasteiger partial charge in [-0.1, -0.05) is 27.7 Å². The minimum absolute atomic E-state index is 0.830. The van der Waals surface area contributed by atoms with Crippen molar-refractivity contribution in [2.24, 2.45) is 0 Å². The molecule has 47 valence electrons. The summed E-state index contributed by atoms with van der Waals surface area (Å²) in [7, 11) is 0. The topological polar surface area (TPSA) is 40.2 Å². The van der Waals surface area contributed by atoms with E-state index in [1.54, 1.807) is 0 Å². The Labute approximate surface area is 54.5 Å². The molecule has 0 unspecified atom stereocenters. The second-order valence-electron chi connectivity index (χ2n) is 0.855. The van der Waals surface area contributed by atoms with Crippen LogP contribution in [0.15, 0.2) is 0 Å². The fourth-order valence-corrected chi connectivity index (χ4v) is 0.239. The van der Waals surface area contributed by atoms with Crippen LogP contribution in [0.3, 0.4) is 0 Å². The highest BCUT2D eigenvalue weighted by Crippen LogP contribution is 2.09. The van der Waals surface area contributed by atoms with Gasteiger partial charge in [0.05, 0.1) is 0 Å². The Balaban J connectivity index is 3.64. The molecule has 0 atom stereocenters. The van der Waals surface area contributed by atoms with E-state index in [-0.39, 0.29) is 0 Å². The van der Waals surface area contributed by atoms with E-state index in [1.807, 2.05) is 0 Å². The Morgan fingerprint density at radius 1 is 1.62 bits per heavy atom. The van der Waals surface area contributed by atoms with Crippen LogP contribution < -0.4 is 0 Å². The minimum atomic E-state index is -2.06. The number of halogens is 3. The number of carbonyl (C=O) groups is 1. The summed E-state index contributed by atoms with van der Waals surface area (Å²) in [5.74, 6) is 0. The normalized spacial score (nSPS) is 9.50. The molecule has 0 saturated heterocycles. The maximum absolute atomic E-state index is 11.6. The summed E-state index contributed by atoms with van der Waals surface area (Å²) in [6.45, 7) is 0. The van der Waals surface area contributed by atoms with Gasteiger partial charge in [0.15, 0.2) is 0 Å². The quantitative estimate of drug-likeness (QED) is 0.326. The van der Waals surface area contributed by atoms with Crippen LogP contribution in [0, 0.1) is 0 Å². The van der Waals surface area contributed by atoms with Crippen molar-refractivity contribution in [3.8, 4) is 0 Å². The van der Waals surface area contributed by atoms with Crippen molar-refractivity contribution in [2.75, 3.05) is 0 Å². The lowest BCUT2D eigenvalue weighted by molar-refractivity contribution is 0.0231. The van der Waals surface area contributed by atoms with Gasteiger partial charge in [-0.15, -0.1) is 5.12 Å². The molecule has 0 bridgehead atoms. The smallest absolute Gasteiger partial charge is 0.217 e. The first kappa shape index (κ1) is 7.78. The van der Waals surface area contributed by atoms with Crippen molar-refractivity contribution in [3.63, 3.8) is 0 Å². The first-order chi connectivity index (χ1) is 3.55. The zero-order chi connectivity index (χ0) is 6.73. The highest BCUT2D eigenvalue weighted by Gasteiger charge is 2.19. The molecule has 0 aromatic rings. The van der Waals surface area contributed by atoms with E-state index in [0.717, 1.165) is 0 Å². The molecule has 0 aliphatic heterocycles. The van der Waals surface area contributed by atoms with E-state index in [9.17, 15) is 14.4 Å². The Morgan fingerprint density at radius 3 is 2.00 bits per heavy atom. The van der Waals surface area contributed by atoms with Gasteiger partial charge in [0.2, 0.25) is 4.96 Å². The molecule has 6 heteroatoms. The van der Waals surface area contributed by atoms with Gasteiger partial charge in [-0.2, -0.15) is 0 Å². The summed E-state index contributed by atoms with van der Waals surface area (Å²) in [6.07, 6.45) is -2.06. The van der Waals surface area contributed by atoms with Gasteiger partial charge < -0.3 is 0 Å². The van der Waals surface area contributed by atoms with Gasteiger partial charge >= 0.3 is 6.09 Å². The number of hydrogen-bond donors (Lipinski definition) is 0. The van der Waals surface area contributed by atoms with Gasteiger partial charge in [0.25, 0.3) is 0 Å². The van der Waals surface area contributed by atoms with Gasteiger partial charge in [0, 0.05) is 0 Å². The lowest BCUT2D eigenvalue weighted by Crippen LogP contribution is -2.22. The molecule has 0 spiro atoms. The van der Waals surface area contributed by atoms with Crippen molar-refractivity contribution >= 4 is 29.3 Å². The van der Waals surface area contributed by atoms with Gasteiger partial charge in [0.1, 0.15) is 0 Å². The van der Waals surface area contributed by atoms with Gasteiger partial charge in [-0.3, -0.25) is 0 Å².